The fraction of sp³-hybridized carbons (Fsp3) is 0.462. The molecule has 0 aliphatic carbocycles. The van der Waals surface area contributed by atoms with Gasteiger partial charge in [0.2, 0.25) is 5.91 Å². The van der Waals surface area contributed by atoms with Gasteiger partial charge in [-0.05, 0) is 18.1 Å². The standard InChI is InChI=1S/C13H17F3N2O2/c1-8(2)9(7-17)12(19)18-10-5-3-4-6-11(10)20-13(14,15)16/h3-6,8-9H,7,17H2,1-2H3,(H,18,19). The van der Waals surface area contributed by atoms with Crippen molar-refractivity contribution in [2.24, 2.45) is 17.6 Å². The summed E-state index contributed by atoms with van der Waals surface area (Å²) in [5, 5.41) is 2.42. The first kappa shape index (κ1) is 16.3. The number of carbonyl (C=O) groups excluding carboxylic acids is 1. The van der Waals surface area contributed by atoms with Crippen LogP contribution in [0.3, 0.4) is 0 Å². The van der Waals surface area contributed by atoms with Gasteiger partial charge in [-0.3, -0.25) is 4.79 Å². The normalized spacial score (nSPS) is 13.2. The van der Waals surface area contributed by atoms with Crippen LogP contribution in [0.25, 0.3) is 0 Å². The van der Waals surface area contributed by atoms with Crippen molar-refractivity contribution in [3.63, 3.8) is 0 Å². The summed E-state index contributed by atoms with van der Waals surface area (Å²) in [5.74, 6) is -1.38. The van der Waals surface area contributed by atoms with E-state index in [4.69, 9.17) is 5.73 Å². The molecule has 0 aliphatic heterocycles. The smallest absolute Gasteiger partial charge is 0.404 e. The van der Waals surface area contributed by atoms with Crippen LogP contribution in [0, 0.1) is 11.8 Å². The van der Waals surface area contributed by atoms with Gasteiger partial charge in [0.15, 0.2) is 5.75 Å². The molecule has 4 nitrogen and oxygen atoms in total. The van der Waals surface area contributed by atoms with Gasteiger partial charge in [-0.25, -0.2) is 0 Å². The minimum absolute atomic E-state index is 0.0179. The second-order valence-corrected chi connectivity index (χ2v) is 4.62. The Morgan fingerprint density at radius 3 is 2.45 bits per heavy atom. The average molecular weight is 290 g/mol. The van der Waals surface area contributed by atoms with E-state index in [1.807, 2.05) is 13.8 Å². The summed E-state index contributed by atoms with van der Waals surface area (Å²) in [7, 11) is 0. The van der Waals surface area contributed by atoms with Gasteiger partial charge in [-0.2, -0.15) is 0 Å². The maximum absolute atomic E-state index is 12.3. The van der Waals surface area contributed by atoms with Crippen molar-refractivity contribution in [3.8, 4) is 5.75 Å². The monoisotopic (exact) mass is 290 g/mol. The lowest BCUT2D eigenvalue weighted by Gasteiger charge is -2.19. The highest BCUT2D eigenvalue weighted by Gasteiger charge is 2.32. The van der Waals surface area contributed by atoms with Crippen molar-refractivity contribution in [2.45, 2.75) is 20.2 Å². The molecule has 112 valence electrons. The van der Waals surface area contributed by atoms with E-state index in [0.717, 1.165) is 6.07 Å². The van der Waals surface area contributed by atoms with E-state index in [2.05, 4.69) is 10.1 Å². The summed E-state index contributed by atoms with van der Waals surface area (Å²) in [5.41, 5.74) is 5.46. The molecule has 7 heteroatoms. The molecule has 0 bridgehead atoms. The van der Waals surface area contributed by atoms with Gasteiger partial charge in [0, 0.05) is 6.54 Å². The zero-order valence-corrected chi connectivity index (χ0v) is 11.2. The number of benzene rings is 1. The fourth-order valence-corrected chi connectivity index (χ4v) is 1.69. The van der Waals surface area contributed by atoms with Crippen molar-refractivity contribution >= 4 is 11.6 Å². The van der Waals surface area contributed by atoms with Crippen LogP contribution in [0.1, 0.15) is 13.8 Å². The number of ether oxygens (including phenoxy) is 1. The highest BCUT2D eigenvalue weighted by Crippen LogP contribution is 2.30. The summed E-state index contributed by atoms with van der Waals surface area (Å²) in [4.78, 5) is 12.0. The number of hydrogen-bond donors (Lipinski definition) is 2. The maximum atomic E-state index is 12.3. The van der Waals surface area contributed by atoms with Crippen LogP contribution < -0.4 is 15.8 Å². The Labute approximate surface area is 115 Å². The largest absolute Gasteiger partial charge is 0.573 e. The number of rotatable bonds is 5. The van der Waals surface area contributed by atoms with Gasteiger partial charge < -0.3 is 15.8 Å². The summed E-state index contributed by atoms with van der Waals surface area (Å²) < 4.78 is 40.6. The number of anilines is 1. The first-order chi connectivity index (χ1) is 9.24. The molecule has 1 aromatic carbocycles. The SMILES string of the molecule is CC(C)C(CN)C(=O)Nc1ccccc1OC(F)(F)F. The number of alkyl halides is 3. The number of halogens is 3. The van der Waals surface area contributed by atoms with E-state index in [-0.39, 0.29) is 18.2 Å². The summed E-state index contributed by atoms with van der Waals surface area (Å²) in [6.45, 7) is 3.75. The van der Waals surface area contributed by atoms with Gasteiger partial charge >= 0.3 is 6.36 Å². The van der Waals surface area contributed by atoms with Crippen molar-refractivity contribution < 1.29 is 22.7 Å². The minimum atomic E-state index is -4.81. The highest BCUT2D eigenvalue weighted by atomic mass is 19.4. The van der Waals surface area contributed by atoms with Crippen LogP contribution in [-0.4, -0.2) is 18.8 Å². The molecular weight excluding hydrogens is 273 g/mol. The molecule has 3 N–H and O–H groups in total. The van der Waals surface area contributed by atoms with E-state index >= 15 is 0 Å². The lowest BCUT2D eigenvalue weighted by Crippen LogP contribution is -2.33. The first-order valence-electron chi connectivity index (χ1n) is 6.10. The number of nitrogens with one attached hydrogen (secondary N) is 1. The maximum Gasteiger partial charge on any atom is 0.573 e. The quantitative estimate of drug-likeness (QED) is 0.876. The van der Waals surface area contributed by atoms with Crippen LogP contribution in [0.15, 0.2) is 24.3 Å². The number of amides is 1. The van der Waals surface area contributed by atoms with Crippen LogP contribution >= 0.6 is 0 Å². The Morgan fingerprint density at radius 2 is 1.95 bits per heavy atom. The van der Waals surface area contributed by atoms with Gasteiger partial charge in [0.05, 0.1) is 11.6 Å². The van der Waals surface area contributed by atoms with Crippen molar-refractivity contribution in [2.75, 3.05) is 11.9 Å². The van der Waals surface area contributed by atoms with Crippen molar-refractivity contribution in [3.05, 3.63) is 24.3 Å². The summed E-state index contributed by atoms with van der Waals surface area (Å²) in [6.07, 6.45) is -4.81. The Kier molecular flexibility index (Phi) is 5.38. The topological polar surface area (TPSA) is 64.4 Å². The van der Waals surface area contributed by atoms with Crippen molar-refractivity contribution in [1.29, 1.82) is 0 Å². The predicted octanol–water partition coefficient (Wildman–Crippen LogP) is 2.75. The Morgan fingerprint density at radius 1 is 1.35 bits per heavy atom. The molecule has 0 heterocycles. The van der Waals surface area contributed by atoms with E-state index < -0.39 is 23.9 Å². The predicted molar refractivity (Wildman–Crippen MR) is 69.1 cm³/mol. The van der Waals surface area contributed by atoms with Crippen LogP contribution in [0.2, 0.25) is 0 Å². The molecular formula is C13H17F3N2O2. The van der Waals surface area contributed by atoms with Gasteiger partial charge in [0.25, 0.3) is 0 Å². The molecule has 0 aromatic heterocycles. The lowest BCUT2D eigenvalue weighted by molar-refractivity contribution is -0.274. The number of carbonyl (C=O) groups is 1. The first-order valence-corrected chi connectivity index (χ1v) is 6.10. The summed E-state index contributed by atoms with van der Waals surface area (Å²) >= 11 is 0. The van der Waals surface area contributed by atoms with E-state index in [1.165, 1.54) is 18.2 Å². The molecule has 1 amide bonds. The van der Waals surface area contributed by atoms with Crippen LogP contribution in [-0.2, 0) is 4.79 Å². The molecule has 0 fully saturated rings. The molecule has 0 saturated carbocycles. The molecule has 0 spiro atoms. The zero-order chi connectivity index (χ0) is 15.3. The lowest BCUT2D eigenvalue weighted by atomic mass is 9.95. The van der Waals surface area contributed by atoms with Crippen molar-refractivity contribution in [1.82, 2.24) is 0 Å². The third-order valence-corrected chi connectivity index (χ3v) is 2.77. The van der Waals surface area contributed by atoms with E-state index in [0.29, 0.717) is 0 Å². The molecule has 0 aliphatic rings. The third-order valence-electron chi connectivity index (χ3n) is 2.77. The number of hydrogen-bond acceptors (Lipinski definition) is 3. The molecule has 0 saturated heterocycles. The van der Waals surface area contributed by atoms with Gasteiger partial charge in [-0.1, -0.05) is 26.0 Å². The second-order valence-electron chi connectivity index (χ2n) is 4.62. The molecule has 1 unspecified atom stereocenters. The highest BCUT2D eigenvalue weighted by molar-refractivity contribution is 5.94. The third kappa shape index (κ3) is 4.73. The Hall–Kier alpha value is -1.76. The number of para-hydroxylation sites is 2. The molecule has 1 atom stereocenters. The second kappa shape index (κ2) is 6.60. The van der Waals surface area contributed by atoms with Crippen LogP contribution in [0.4, 0.5) is 18.9 Å². The molecule has 1 aromatic rings. The minimum Gasteiger partial charge on any atom is -0.404 e. The van der Waals surface area contributed by atoms with E-state index in [1.54, 1.807) is 0 Å². The Bertz CT molecular complexity index is 461. The molecule has 1 rings (SSSR count). The van der Waals surface area contributed by atoms with Gasteiger partial charge in [-0.15, -0.1) is 13.2 Å². The number of nitrogens with two attached hydrogens (primary N) is 1. The zero-order valence-electron chi connectivity index (χ0n) is 11.2. The average Bonchev–Trinajstić information content (AvgIpc) is 2.30. The summed E-state index contributed by atoms with van der Waals surface area (Å²) in [6, 6.07) is 5.37. The molecule has 0 radical (unpaired) electrons. The Balaban J connectivity index is 2.90. The fourth-order valence-electron chi connectivity index (χ4n) is 1.69. The van der Waals surface area contributed by atoms with Crippen LogP contribution in [0.5, 0.6) is 5.75 Å². The van der Waals surface area contributed by atoms with E-state index in [9.17, 15) is 18.0 Å². The van der Waals surface area contributed by atoms with Gasteiger partial charge in [0.1, 0.15) is 0 Å². The molecule has 20 heavy (non-hydrogen) atoms.